The number of benzene rings is 3. The summed E-state index contributed by atoms with van der Waals surface area (Å²) in [6, 6.07) is 21.2. The van der Waals surface area contributed by atoms with Gasteiger partial charge in [-0.1, -0.05) is 73.5 Å². The average molecular weight is 556 g/mol. The lowest BCUT2D eigenvalue weighted by molar-refractivity contribution is -0.140. The van der Waals surface area contributed by atoms with E-state index in [-0.39, 0.29) is 17.3 Å². The molecule has 0 aliphatic carbocycles. The molecule has 0 unspecified atom stereocenters. The Morgan fingerprint density at radius 1 is 0.921 bits per heavy atom. The number of aryl methyl sites for hydroxylation is 1. The van der Waals surface area contributed by atoms with E-state index in [1.54, 1.807) is 66.7 Å². The summed E-state index contributed by atoms with van der Waals surface area (Å²) in [4.78, 5) is 28.5. The first-order chi connectivity index (χ1) is 18.2. The molecule has 3 aromatic rings. The lowest BCUT2D eigenvalue weighted by Crippen LogP contribution is -2.52. The van der Waals surface area contributed by atoms with Gasteiger partial charge in [0.15, 0.2) is 0 Å². The summed E-state index contributed by atoms with van der Waals surface area (Å²) in [5.74, 6) is -0.761. The predicted molar refractivity (Wildman–Crippen MR) is 152 cm³/mol. The molecular formula is C29H34ClN3O4S. The summed E-state index contributed by atoms with van der Waals surface area (Å²) in [7, 11) is -4.07. The average Bonchev–Trinajstić information content (AvgIpc) is 2.92. The zero-order valence-corrected chi connectivity index (χ0v) is 23.5. The molecule has 0 heterocycles. The molecule has 9 heteroatoms. The highest BCUT2D eigenvalue weighted by Gasteiger charge is 2.33. The Labute approximate surface area is 230 Å². The minimum atomic E-state index is -4.07. The normalized spacial score (nSPS) is 12.0. The molecule has 3 rings (SSSR count). The van der Waals surface area contributed by atoms with Gasteiger partial charge < -0.3 is 10.2 Å². The molecule has 0 bridgehead atoms. The van der Waals surface area contributed by atoms with Crippen LogP contribution in [0.4, 0.5) is 5.69 Å². The van der Waals surface area contributed by atoms with Gasteiger partial charge in [0.2, 0.25) is 11.8 Å². The molecule has 1 N–H and O–H groups in total. The van der Waals surface area contributed by atoms with E-state index >= 15 is 0 Å². The van der Waals surface area contributed by atoms with Crippen molar-refractivity contribution in [3.05, 3.63) is 95.0 Å². The number of rotatable bonds is 12. The summed E-state index contributed by atoms with van der Waals surface area (Å²) in [5, 5.41) is 3.43. The van der Waals surface area contributed by atoms with Crippen molar-refractivity contribution in [1.82, 2.24) is 10.2 Å². The van der Waals surface area contributed by atoms with Gasteiger partial charge in [-0.25, -0.2) is 8.42 Å². The van der Waals surface area contributed by atoms with Gasteiger partial charge in [-0.15, -0.1) is 0 Å². The molecule has 0 spiro atoms. The van der Waals surface area contributed by atoms with Crippen LogP contribution in [0.1, 0.15) is 37.8 Å². The lowest BCUT2D eigenvalue weighted by atomic mass is 10.1. The maximum Gasteiger partial charge on any atom is 0.264 e. The zero-order valence-electron chi connectivity index (χ0n) is 21.9. The lowest BCUT2D eigenvalue weighted by Gasteiger charge is -2.33. The first-order valence-electron chi connectivity index (χ1n) is 12.6. The third-order valence-corrected chi connectivity index (χ3v) is 8.17. The number of sulfonamides is 1. The zero-order chi connectivity index (χ0) is 27.7. The van der Waals surface area contributed by atoms with Crippen molar-refractivity contribution in [2.45, 2.75) is 51.1 Å². The molecule has 202 valence electrons. The monoisotopic (exact) mass is 555 g/mol. The Balaban J connectivity index is 2.02. The van der Waals surface area contributed by atoms with Gasteiger partial charge in [0.25, 0.3) is 10.0 Å². The highest BCUT2D eigenvalue weighted by Crippen LogP contribution is 2.25. The molecular weight excluding hydrogens is 522 g/mol. The van der Waals surface area contributed by atoms with E-state index in [1.165, 1.54) is 17.0 Å². The maximum absolute atomic E-state index is 13.9. The quantitative estimate of drug-likeness (QED) is 0.334. The van der Waals surface area contributed by atoms with Crippen LogP contribution in [0.3, 0.4) is 0 Å². The van der Waals surface area contributed by atoms with Crippen LogP contribution in [0.5, 0.6) is 0 Å². The van der Waals surface area contributed by atoms with Gasteiger partial charge in [-0.2, -0.15) is 0 Å². The molecule has 0 saturated carbocycles. The second kappa shape index (κ2) is 13.4. The predicted octanol–water partition coefficient (Wildman–Crippen LogP) is 5.18. The number of nitrogens with one attached hydrogen (secondary N) is 1. The molecule has 0 aliphatic heterocycles. The third kappa shape index (κ3) is 7.36. The number of amides is 2. The third-order valence-electron chi connectivity index (χ3n) is 6.13. The van der Waals surface area contributed by atoms with Crippen LogP contribution in [0.2, 0.25) is 5.02 Å². The first kappa shape index (κ1) is 29.2. The van der Waals surface area contributed by atoms with Crippen LogP contribution in [-0.2, 0) is 26.2 Å². The van der Waals surface area contributed by atoms with Crippen molar-refractivity contribution in [2.24, 2.45) is 0 Å². The van der Waals surface area contributed by atoms with Crippen LogP contribution < -0.4 is 9.62 Å². The van der Waals surface area contributed by atoms with Gasteiger partial charge in [0.1, 0.15) is 12.6 Å². The molecule has 38 heavy (non-hydrogen) atoms. The Morgan fingerprint density at radius 3 is 2.13 bits per heavy atom. The summed E-state index contributed by atoms with van der Waals surface area (Å²) < 4.78 is 28.6. The van der Waals surface area contributed by atoms with Crippen LogP contribution in [0.15, 0.2) is 83.8 Å². The van der Waals surface area contributed by atoms with Crippen molar-refractivity contribution in [3.63, 3.8) is 0 Å². The maximum atomic E-state index is 13.9. The van der Waals surface area contributed by atoms with Gasteiger partial charge in [-0.3, -0.25) is 13.9 Å². The number of halogens is 1. The number of carbonyl (C=O) groups is 2. The van der Waals surface area contributed by atoms with Gasteiger partial charge in [0.05, 0.1) is 10.6 Å². The number of anilines is 1. The second-order valence-electron chi connectivity index (χ2n) is 9.02. The van der Waals surface area contributed by atoms with Crippen LogP contribution in [0, 0.1) is 6.92 Å². The van der Waals surface area contributed by atoms with Crippen LogP contribution in [0.25, 0.3) is 0 Å². The largest absolute Gasteiger partial charge is 0.354 e. The number of hydrogen-bond acceptors (Lipinski definition) is 4. The molecule has 0 fully saturated rings. The summed E-state index contributed by atoms with van der Waals surface area (Å²) in [6.45, 7) is 5.82. The van der Waals surface area contributed by atoms with Crippen molar-refractivity contribution in [1.29, 1.82) is 0 Å². The van der Waals surface area contributed by atoms with Crippen LogP contribution >= 0.6 is 11.6 Å². The van der Waals surface area contributed by atoms with Crippen LogP contribution in [-0.4, -0.2) is 44.3 Å². The molecule has 0 aromatic heterocycles. The summed E-state index contributed by atoms with van der Waals surface area (Å²) >= 11 is 6.05. The molecule has 1 atom stereocenters. The van der Waals surface area contributed by atoms with Crippen molar-refractivity contribution in [3.8, 4) is 0 Å². The van der Waals surface area contributed by atoms with Gasteiger partial charge >= 0.3 is 0 Å². The number of carbonyl (C=O) groups excluding carboxylic acids is 2. The Hall–Kier alpha value is -3.36. The fraction of sp³-hybridized carbons (Fsp3) is 0.310. The Bertz CT molecular complexity index is 1310. The SMILES string of the molecule is CCCNC(=O)[C@@H](CC)N(Cc1ccc(Cl)cc1)C(=O)CN(c1ccc(C)cc1)S(=O)(=O)c1ccccc1. The van der Waals surface area contributed by atoms with E-state index in [0.29, 0.717) is 23.7 Å². The second-order valence-corrected chi connectivity index (χ2v) is 11.3. The molecule has 3 aromatic carbocycles. The minimum absolute atomic E-state index is 0.0744. The van der Waals surface area contributed by atoms with Crippen molar-refractivity contribution < 1.29 is 18.0 Å². The highest BCUT2D eigenvalue weighted by molar-refractivity contribution is 7.92. The standard InChI is InChI=1S/C29H34ClN3O4S/c1-4-19-31-29(35)27(5-2)32(20-23-13-15-24(30)16-14-23)28(34)21-33(25-17-11-22(3)12-18-25)38(36,37)26-9-7-6-8-10-26/h6-18,27H,4-5,19-21H2,1-3H3,(H,31,35)/t27-/m1/s1. The topological polar surface area (TPSA) is 86.8 Å². The van der Waals surface area contributed by atoms with Gasteiger partial charge in [0, 0.05) is 18.1 Å². The summed E-state index contributed by atoms with van der Waals surface area (Å²) in [5.41, 5.74) is 2.10. The number of nitrogens with zero attached hydrogens (tertiary/aromatic N) is 2. The fourth-order valence-corrected chi connectivity index (χ4v) is 5.59. The number of hydrogen-bond donors (Lipinski definition) is 1. The molecule has 0 aliphatic rings. The van der Waals surface area contributed by atoms with E-state index in [2.05, 4.69) is 5.32 Å². The van der Waals surface area contributed by atoms with E-state index < -0.39 is 28.5 Å². The van der Waals surface area contributed by atoms with E-state index in [1.807, 2.05) is 20.8 Å². The smallest absolute Gasteiger partial charge is 0.264 e. The first-order valence-corrected chi connectivity index (χ1v) is 14.4. The summed E-state index contributed by atoms with van der Waals surface area (Å²) in [6.07, 6.45) is 1.12. The Kier molecular flexibility index (Phi) is 10.3. The van der Waals surface area contributed by atoms with E-state index in [4.69, 9.17) is 11.6 Å². The molecule has 0 radical (unpaired) electrons. The van der Waals surface area contributed by atoms with E-state index in [9.17, 15) is 18.0 Å². The van der Waals surface area contributed by atoms with E-state index in [0.717, 1.165) is 21.9 Å². The molecule has 0 saturated heterocycles. The highest BCUT2D eigenvalue weighted by atomic mass is 35.5. The minimum Gasteiger partial charge on any atom is -0.354 e. The molecule has 2 amide bonds. The Morgan fingerprint density at radius 2 is 1.55 bits per heavy atom. The van der Waals surface area contributed by atoms with Crippen molar-refractivity contribution >= 4 is 39.1 Å². The van der Waals surface area contributed by atoms with Crippen molar-refractivity contribution in [2.75, 3.05) is 17.4 Å². The van der Waals surface area contributed by atoms with Gasteiger partial charge in [-0.05, 0) is 61.7 Å². The molecule has 7 nitrogen and oxygen atoms in total. The fourth-order valence-electron chi connectivity index (χ4n) is 4.03.